The molecule has 7 heteroatoms. The zero-order valence-corrected chi connectivity index (χ0v) is 6.78. The molecule has 1 aromatic heterocycles. The summed E-state index contributed by atoms with van der Waals surface area (Å²) in [5.41, 5.74) is 15.5. The van der Waals surface area contributed by atoms with Crippen molar-refractivity contribution in [3.63, 3.8) is 0 Å². The Balaban J connectivity index is 3.09. The molecule has 64 valence electrons. The SMILES string of the molecule is NC(N)=Nc1nc(N)cc(Cl)n1. The highest BCUT2D eigenvalue weighted by Gasteiger charge is 1.98. The van der Waals surface area contributed by atoms with Crippen LogP contribution in [0.2, 0.25) is 5.15 Å². The van der Waals surface area contributed by atoms with Crippen LogP contribution in [-0.2, 0) is 0 Å². The molecule has 0 fully saturated rings. The fraction of sp³-hybridized carbons (Fsp3) is 0. The van der Waals surface area contributed by atoms with Gasteiger partial charge >= 0.3 is 0 Å². The average molecular weight is 187 g/mol. The minimum atomic E-state index is -0.142. The van der Waals surface area contributed by atoms with E-state index in [0.29, 0.717) is 0 Å². The van der Waals surface area contributed by atoms with Crippen molar-refractivity contribution in [2.75, 3.05) is 5.73 Å². The first-order valence-electron chi connectivity index (χ1n) is 2.97. The van der Waals surface area contributed by atoms with Gasteiger partial charge in [-0.15, -0.1) is 0 Å². The van der Waals surface area contributed by atoms with Gasteiger partial charge in [0.15, 0.2) is 5.96 Å². The number of guanidine groups is 1. The lowest BCUT2D eigenvalue weighted by Crippen LogP contribution is -2.22. The molecule has 1 rings (SSSR count). The predicted octanol–water partition coefficient (Wildman–Crippen LogP) is -0.383. The number of aromatic nitrogens is 2. The highest BCUT2D eigenvalue weighted by molar-refractivity contribution is 6.29. The number of nitrogen functional groups attached to an aromatic ring is 1. The molecule has 0 atom stereocenters. The first kappa shape index (κ1) is 8.54. The van der Waals surface area contributed by atoms with Crippen molar-refractivity contribution in [1.29, 1.82) is 0 Å². The van der Waals surface area contributed by atoms with Crippen molar-refractivity contribution in [2.45, 2.75) is 0 Å². The number of nitrogens with two attached hydrogens (primary N) is 3. The van der Waals surface area contributed by atoms with Crippen LogP contribution in [0.15, 0.2) is 11.1 Å². The van der Waals surface area contributed by atoms with E-state index in [1.54, 1.807) is 0 Å². The van der Waals surface area contributed by atoms with Crippen molar-refractivity contribution in [1.82, 2.24) is 9.97 Å². The Hall–Kier alpha value is -1.56. The molecule has 0 aliphatic heterocycles. The molecule has 0 amide bonds. The van der Waals surface area contributed by atoms with Gasteiger partial charge in [0.25, 0.3) is 5.95 Å². The normalized spacial score (nSPS) is 9.42. The van der Waals surface area contributed by atoms with Gasteiger partial charge in [-0.2, -0.15) is 15.0 Å². The zero-order chi connectivity index (χ0) is 9.14. The minimum Gasteiger partial charge on any atom is -0.383 e. The van der Waals surface area contributed by atoms with Crippen LogP contribution in [-0.4, -0.2) is 15.9 Å². The molecule has 12 heavy (non-hydrogen) atoms. The highest BCUT2D eigenvalue weighted by atomic mass is 35.5. The monoisotopic (exact) mass is 186 g/mol. The van der Waals surface area contributed by atoms with Crippen LogP contribution in [0.25, 0.3) is 0 Å². The van der Waals surface area contributed by atoms with Gasteiger partial charge < -0.3 is 17.2 Å². The minimum absolute atomic E-state index is 0.0556. The van der Waals surface area contributed by atoms with Gasteiger partial charge in [-0.3, -0.25) is 0 Å². The number of halogens is 1. The summed E-state index contributed by atoms with van der Waals surface area (Å²) >= 11 is 5.55. The summed E-state index contributed by atoms with van der Waals surface area (Å²) in [7, 11) is 0. The smallest absolute Gasteiger partial charge is 0.255 e. The van der Waals surface area contributed by atoms with E-state index in [4.69, 9.17) is 28.8 Å². The third-order valence-corrected chi connectivity index (χ3v) is 1.13. The Morgan fingerprint density at radius 3 is 2.58 bits per heavy atom. The van der Waals surface area contributed by atoms with Crippen LogP contribution >= 0.6 is 11.6 Å². The van der Waals surface area contributed by atoms with Crippen molar-refractivity contribution >= 4 is 29.3 Å². The molecular weight excluding hydrogens is 180 g/mol. The largest absolute Gasteiger partial charge is 0.383 e. The Labute approximate surface area is 73.5 Å². The summed E-state index contributed by atoms with van der Waals surface area (Å²) < 4.78 is 0. The van der Waals surface area contributed by atoms with Crippen molar-refractivity contribution in [3.8, 4) is 0 Å². The van der Waals surface area contributed by atoms with Gasteiger partial charge in [0, 0.05) is 6.07 Å². The number of anilines is 1. The highest BCUT2D eigenvalue weighted by Crippen LogP contribution is 2.12. The van der Waals surface area contributed by atoms with Crippen LogP contribution in [0.5, 0.6) is 0 Å². The topological polar surface area (TPSA) is 116 Å². The number of aliphatic imine (C=N–C) groups is 1. The lowest BCUT2D eigenvalue weighted by molar-refractivity contribution is 1.14. The molecule has 6 N–H and O–H groups in total. The molecular formula is C5H7ClN6. The molecule has 0 saturated carbocycles. The maximum atomic E-state index is 5.55. The van der Waals surface area contributed by atoms with E-state index in [2.05, 4.69) is 15.0 Å². The van der Waals surface area contributed by atoms with Crippen molar-refractivity contribution in [3.05, 3.63) is 11.2 Å². The molecule has 1 aromatic rings. The third-order valence-electron chi connectivity index (χ3n) is 0.932. The van der Waals surface area contributed by atoms with Gasteiger partial charge in [-0.1, -0.05) is 11.6 Å². The Bertz CT molecular complexity index is 297. The lowest BCUT2D eigenvalue weighted by atomic mass is 10.6. The summed E-state index contributed by atoms with van der Waals surface area (Å²) in [6.45, 7) is 0. The first-order valence-corrected chi connectivity index (χ1v) is 3.35. The number of hydrogen-bond donors (Lipinski definition) is 3. The van der Waals surface area contributed by atoms with E-state index in [0.717, 1.165) is 0 Å². The maximum Gasteiger partial charge on any atom is 0.255 e. The van der Waals surface area contributed by atoms with E-state index in [-0.39, 0.29) is 22.9 Å². The molecule has 1 heterocycles. The quantitative estimate of drug-likeness (QED) is 0.314. The van der Waals surface area contributed by atoms with Crippen LogP contribution in [0.3, 0.4) is 0 Å². The Morgan fingerprint density at radius 2 is 2.08 bits per heavy atom. The fourth-order valence-corrected chi connectivity index (χ4v) is 0.775. The standard InChI is InChI=1S/C5H7ClN6/c6-2-1-3(7)11-5(10-2)12-4(8)9/h1H,(H6,7,8,9,10,11,12). The number of nitrogens with zero attached hydrogens (tertiary/aromatic N) is 3. The van der Waals surface area contributed by atoms with Crippen molar-refractivity contribution < 1.29 is 0 Å². The second-order valence-corrected chi connectivity index (χ2v) is 2.34. The average Bonchev–Trinajstić information content (AvgIpc) is 1.81. The van der Waals surface area contributed by atoms with E-state index in [9.17, 15) is 0 Å². The first-order chi connectivity index (χ1) is 5.58. The van der Waals surface area contributed by atoms with Gasteiger partial charge in [0.1, 0.15) is 11.0 Å². The van der Waals surface area contributed by atoms with Crippen LogP contribution in [0, 0.1) is 0 Å². The summed E-state index contributed by atoms with van der Waals surface area (Å²) in [5.74, 6) is 0.131. The van der Waals surface area contributed by atoms with E-state index < -0.39 is 0 Å². The second-order valence-electron chi connectivity index (χ2n) is 1.95. The number of rotatable bonds is 1. The Kier molecular flexibility index (Phi) is 2.29. The van der Waals surface area contributed by atoms with Crippen LogP contribution in [0.4, 0.5) is 11.8 Å². The summed E-state index contributed by atoms with van der Waals surface area (Å²) in [5, 5.41) is 0.197. The molecule has 0 spiro atoms. The molecule has 0 aromatic carbocycles. The predicted molar refractivity (Wildman–Crippen MR) is 46.9 cm³/mol. The fourth-order valence-electron chi connectivity index (χ4n) is 0.588. The molecule has 0 saturated heterocycles. The van der Waals surface area contributed by atoms with Crippen LogP contribution < -0.4 is 17.2 Å². The lowest BCUT2D eigenvalue weighted by Gasteiger charge is -1.96. The maximum absolute atomic E-state index is 5.55. The Morgan fingerprint density at radius 1 is 1.42 bits per heavy atom. The van der Waals surface area contributed by atoms with Gasteiger partial charge in [0.2, 0.25) is 0 Å². The summed E-state index contributed by atoms with van der Waals surface area (Å²) in [6, 6.07) is 1.40. The molecule has 0 unspecified atom stereocenters. The van der Waals surface area contributed by atoms with Gasteiger partial charge in [0.05, 0.1) is 0 Å². The molecule has 0 aliphatic rings. The molecule has 0 radical (unpaired) electrons. The van der Waals surface area contributed by atoms with E-state index >= 15 is 0 Å². The molecule has 6 nitrogen and oxygen atoms in total. The van der Waals surface area contributed by atoms with E-state index in [1.807, 2.05) is 0 Å². The second kappa shape index (κ2) is 3.22. The van der Waals surface area contributed by atoms with Gasteiger partial charge in [-0.25, -0.2) is 0 Å². The summed E-state index contributed by atoms with van der Waals surface area (Å²) in [6.07, 6.45) is 0. The van der Waals surface area contributed by atoms with Gasteiger partial charge in [-0.05, 0) is 0 Å². The van der Waals surface area contributed by atoms with Crippen molar-refractivity contribution in [2.24, 2.45) is 16.5 Å². The van der Waals surface area contributed by atoms with E-state index in [1.165, 1.54) is 6.07 Å². The molecule has 0 bridgehead atoms. The van der Waals surface area contributed by atoms with Crippen LogP contribution in [0.1, 0.15) is 0 Å². The third kappa shape index (κ3) is 2.24. The zero-order valence-electron chi connectivity index (χ0n) is 6.03. The summed E-state index contributed by atoms with van der Waals surface area (Å²) in [4.78, 5) is 11.0. The number of hydrogen-bond acceptors (Lipinski definition) is 4. The molecule has 0 aliphatic carbocycles.